The fraction of sp³-hybridized carbons (Fsp3) is 1.00. The molecular formula is C5HBrF10. The minimum Gasteiger partial charge on any atom is -0.235 e. The van der Waals surface area contributed by atoms with Crippen molar-refractivity contribution in [2.24, 2.45) is 0 Å². The first-order valence-electron chi connectivity index (χ1n) is 3.19. The molecule has 16 heavy (non-hydrogen) atoms. The number of hydrogen-bond acceptors (Lipinski definition) is 0. The molecule has 0 fully saturated rings. The van der Waals surface area contributed by atoms with Crippen LogP contribution in [0.5, 0.6) is 0 Å². The van der Waals surface area contributed by atoms with Gasteiger partial charge in [-0.25, -0.2) is 8.78 Å². The maximum absolute atomic E-state index is 12.6. The Kier molecular flexibility index (Phi) is 3.86. The highest BCUT2D eigenvalue weighted by Gasteiger charge is 2.80. The molecule has 0 aromatic heterocycles. The molecule has 0 aliphatic heterocycles. The molecule has 0 saturated carbocycles. The van der Waals surface area contributed by atoms with Crippen molar-refractivity contribution in [2.45, 2.75) is 29.0 Å². The van der Waals surface area contributed by atoms with E-state index in [9.17, 15) is 43.9 Å². The number of rotatable bonds is 2. The standard InChI is InChI=1S/C5HBrF10/c6-3(9,10)1(7)2(8,4(11,12)13)5(14,15)16/h1H. The molecular weight excluding hydrogens is 330 g/mol. The summed E-state index contributed by atoms with van der Waals surface area (Å²) in [5, 5.41) is 0. The lowest BCUT2D eigenvalue weighted by molar-refractivity contribution is -0.367. The van der Waals surface area contributed by atoms with Crippen LogP contribution in [0.25, 0.3) is 0 Å². The smallest absolute Gasteiger partial charge is 0.235 e. The van der Waals surface area contributed by atoms with Crippen molar-refractivity contribution in [3.63, 3.8) is 0 Å². The summed E-state index contributed by atoms with van der Waals surface area (Å²) < 4.78 is 119. The van der Waals surface area contributed by atoms with Crippen LogP contribution in [0.15, 0.2) is 0 Å². The molecule has 0 radical (unpaired) electrons. The minimum absolute atomic E-state index is 0.916. The summed E-state index contributed by atoms with van der Waals surface area (Å²) in [6.45, 7) is 0. The van der Waals surface area contributed by atoms with Gasteiger partial charge in [-0.3, -0.25) is 0 Å². The van der Waals surface area contributed by atoms with E-state index in [1.165, 1.54) is 0 Å². The summed E-state index contributed by atoms with van der Waals surface area (Å²) >= 11 is 0.916. The third-order valence-corrected chi connectivity index (χ3v) is 1.86. The monoisotopic (exact) mass is 330 g/mol. The zero-order valence-corrected chi connectivity index (χ0v) is 8.32. The lowest BCUT2D eigenvalue weighted by Gasteiger charge is -2.33. The van der Waals surface area contributed by atoms with E-state index in [-0.39, 0.29) is 0 Å². The van der Waals surface area contributed by atoms with E-state index in [1.807, 2.05) is 0 Å². The fourth-order valence-electron chi connectivity index (χ4n) is 0.674. The van der Waals surface area contributed by atoms with Gasteiger partial charge in [0, 0.05) is 0 Å². The quantitative estimate of drug-likeness (QED) is 0.527. The van der Waals surface area contributed by atoms with E-state index in [1.54, 1.807) is 0 Å². The Balaban J connectivity index is 5.63. The maximum Gasteiger partial charge on any atom is 0.434 e. The lowest BCUT2D eigenvalue weighted by Crippen LogP contribution is -2.63. The Morgan fingerprint density at radius 1 is 0.688 bits per heavy atom. The average Bonchev–Trinajstić information content (AvgIpc) is 1.95. The van der Waals surface area contributed by atoms with Gasteiger partial charge in [0.15, 0.2) is 0 Å². The summed E-state index contributed by atoms with van der Waals surface area (Å²) in [5.41, 5.74) is -6.65. The predicted molar refractivity (Wildman–Crippen MR) is 34.7 cm³/mol. The van der Waals surface area contributed by atoms with Gasteiger partial charge in [0.1, 0.15) is 0 Å². The van der Waals surface area contributed by atoms with Crippen LogP contribution in [0.2, 0.25) is 0 Å². The van der Waals surface area contributed by atoms with Crippen LogP contribution in [-0.2, 0) is 0 Å². The van der Waals surface area contributed by atoms with Crippen molar-refractivity contribution in [1.82, 2.24) is 0 Å². The maximum atomic E-state index is 12.6. The van der Waals surface area contributed by atoms with Crippen LogP contribution in [0, 0.1) is 0 Å². The van der Waals surface area contributed by atoms with Gasteiger partial charge in [-0.15, -0.1) is 0 Å². The second kappa shape index (κ2) is 3.91. The highest BCUT2D eigenvalue weighted by Crippen LogP contribution is 2.53. The normalized spacial score (nSPS) is 17.4. The molecule has 0 nitrogen and oxygen atoms in total. The van der Waals surface area contributed by atoms with Crippen molar-refractivity contribution in [2.75, 3.05) is 0 Å². The molecule has 0 saturated heterocycles. The van der Waals surface area contributed by atoms with Crippen molar-refractivity contribution in [3.05, 3.63) is 0 Å². The summed E-state index contributed by atoms with van der Waals surface area (Å²) in [7, 11) is 0. The van der Waals surface area contributed by atoms with Gasteiger partial charge in [0.2, 0.25) is 6.17 Å². The minimum atomic E-state index is -6.86. The largest absolute Gasteiger partial charge is 0.434 e. The van der Waals surface area contributed by atoms with Gasteiger partial charge < -0.3 is 0 Å². The molecule has 0 aromatic rings. The zero-order chi connectivity index (χ0) is 13.6. The third-order valence-electron chi connectivity index (χ3n) is 1.46. The van der Waals surface area contributed by atoms with E-state index in [0.29, 0.717) is 0 Å². The first kappa shape index (κ1) is 15.8. The number of alkyl halides is 11. The van der Waals surface area contributed by atoms with Crippen molar-refractivity contribution >= 4 is 15.9 Å². The first-order valence-corrected chi connectivity index (χ1v) is 3.98. The van der Waals surface area contributed by atoms with E-state index in [0.717, 1.165) is 15.9 Å². The molecule has 0 amide bonds. The zero-order valence-electron chi connectivity index (χ0n) is 6.73. The highest BCUT2D eigenvalue weighted by atomic mass is 79.9. The molecule has 0 aromatic carbocycles. The fourth-order valence-corrected chi connectivity index (χ4v) is 0.989. The second-order valence-corrected chi connectivity index (χ2v) is 3.67. The van der Waals surface area contributed by atoms with Gasteiger partial charge in [-0.1, -0.05) is 0 Å². The SMILES string of the molecule is FC(C(F)(F)Br)C(F)(C(F)(F)F)C(F)(F)F. The Morgan fingerprint density at radius 3 is 1.00 bits per heavy atom. The van der Waals surface area contributed by atoms with Gasteiger partial charge in [0.05, 0.1) is 0 Å². The molecule has 0 spiro atoms. The van der Waals surface area contributed by atoms with Crippen molar-refractivity contribution < 1.29 is 43.9 Å². The number of hydrogen-bond donors (Lipinski definition) is 0. The summed E-state index contributed by atoms with van der Waals surface area (Å²) in [6, 6.07) is 0. The molecule has 11 heteroatoms. The molecule has 0 aliphatic rings. The van der Waals surface area contributed by atoms with E-state index in [2.05, 4.69) is 0 Å². The molecule has 0 aliphatic carbocycles. The van der Waals surface area contributed by atoms with Crippen LogP contribution in [0.1, 0.15) is 0 Å². The average molecular weight is 331 g/mol. The molecule has 0 rings (SSSR count). The van der Waals surface area contributed by atoms with Crippen LogP contribution < -0.4 is 0 Å². The van der Waals surface area contributed by atoms with Gasteiger partial charge in [0.25, 0.3) is 0 Å². The van der Waals surface area contributed by atoms with Gasteiger partial charge >= 0.3 is 22.9 Å². The van der Waals surface area contributed by atoms with Gasteiger partial charge in [-0.05, 0) is 15.9 Å². The Bertz CT molecular complexity index is 231. The van der Waals surface area contributed by atoms with Crippen LogP contribution >= 0.6 is 15.9 Å². The molecule has 0 bridgehead atoms. The molecule has 1 atom stereocenters. The molecule has 1 unspecified atom stereocenters. The molecule has 0 N–H and O–H groups in total. The molecule has 0 heterocycles. The third kappa shape index (κ3) is 2.54. The Labute approximate surface area is 89.7 Å². The van der Waals surface area contributed by atoms with E-state index < -0.39 is 29.0 Å². The predicted octanol–water partition coefficient (Wildman–Crippen LogP) is 4.15. The number of halogens is 11. The lowest BCUT2D eigenvalue weighted by atomic mass is 9.98. The van der Waals surface area contributed by atoms with Crippen LogP contribution in [-0.4, -0.2) is 29.0 Å². The van der Waals surface area contributed by atoms with Gasteiger partial charge in [-0.2, -0.15) is 35.1 Å². The van der Waals surface area contributed by atoms with Crippen molar-refractivity contribution in [1.29, 1.82) is 0 Å². The second-order valence-electron chi connectivity index (χ2n) is 2.61. The van der Waals surface area contributed by atoms with Crippen LogP contribution in [0.3, 0.4) is 0 Å². The van der Waals surface area contributed by atoms with E-state index in [4.69, 9.17) is 0 Å². The van der Waals surface area contributed by atoms with Crippen molar-refractivity contribution in [3.8, 4) is 0 Å². The summed E-state index contributed by atoms with van der Waals surface area (Å²) in [5.74, 6) is 0. The highest BCUT2D eigenvalue weighted by molar-refractivity contribution is 9.10. The van der Waals surface area contributed by atoms with E-state index >= 15 is 0 Å². The Morgan fingerprint density at radius 2 is 0.938 bits per heavy atom. The topological polar surface area (TPSA) is 0 Å². The Hall–Kier alpha value is -0.220. The summed E-state index contributed by atoms with van der Waals surface area (Å²) in [4.78, 5) is -5.31. The first-order chi connectivity index (χ1) is 6.65. The van der Waals surface area contributed by atoms with Crippen LogP contribution in [0.4, 0.5) is 43.9 Å². The summed E-state index contributed by atoms with van der Waals surface area (Å²) in [6.07, 6.45) is -18.9. The molecule has 98 valence electrons.